The molecule has 0 fully saturated rings. The molecule has 0 spiro atoms. The van der Waals surface area contributed by atoms with Crippen molar-refractivity contribution in [1.29, 1.82) is 0 Å². The zero-order valence-corrected chi connectivity index (χ0v) is 12.7. The van der Waals surface area contributed by atoms with Gasteiger partial charge in [0.1, 0.15) is 0 Å². The Morgan fingerprint density at radius 3 is 1.00 bits per heavy atom. The minimum atomic E-state index is 0. The Balaban J connectivity index is 0. The average Bonchev–Trinajstić information content (AvgIpc) is 0. The molecule has 0 rings (SSSR count). The second-order valence-corrected chi connectivity index (χ2v) is 0. The van der Waals surface area contributed by atoms with Crippen molar-refractivity contribution in [2.75, 3.05) is 0 Å². The summed E-state index contributed by atoms with van der Waals surface area (Å²) < 4.78 is 0. The molecule has 0 aliphatic heterocycles. The van der Waals surface area contributed by atoms with Crippen molar-refractivity contribution in [3.8, 4) is 0 Å². The van der Waals surface area contributed by atoms with Gasteiger partial charge in [-0.3, -0.25) is 0 Å². The average molecular weight is 453 g/mol. The van der Waals surface area contributed by atoms with Crippen molar-refractivity contribution >= 4 is 27.3 Å². The predicted molar refractivity (Wildman–Crippen MR) is 12.2 cm³/mol. The molecular weight excluding hydrogens is 449 g/mol. The topological polar surface area (TPSA) is 31.5 Å². The summed E-state index contributed by atoms with van der Waals surface area (Å²) in [4.78, 5) is 0. The number of rotatable bonds is 0. The summed E-state index contributed by atoms with van der Waals surface area (Å²) >= 11 is 0. The number of hydrogen-bond donors (Lipinski definition) is 0. The monoisotopic (exact) mass is 454 g/mol. The van der Waals surface area contributed by atoms with Gasteiger partial charge in [0.25, 0.3) is 0 Å². The first-order chi connectivity index (χ1) is 0. The van der Waals surface area contributed by atoms with Gasteiger partial charge in [0, 0.05) is 48.2 Å². The van der Waals surface area contributed by atoms with Crippen molar-refractivity contribution in [3.05, 3.63) is 0 Å². The maximum absolute atomic E-state index is 0. The molecule has 22 valence electrons. The number of hydrogen-bond acceptors (Lipinski definition) is 0. The van der Waals surface area contributed by atoms with Crippen LogP contribution in [0.1, 0.15) is 0 Å². The summed E-state index contributed by atoms with van der Waals surface area (Å²) in [5.41, 5.74) is 0. The van der Waals surface area contributed by atoms with Crippen molar-refractivity contribution in [1.82, 2.24) is 0 Å². The van der Waals surface area contributed by atoms with Crippen LogP contribution in [0.4, 0.5) is 0 Å². The van der Waals surface area contributed by atoms with Crippen LogP contribution in [0.3, 0.4) is 0 Å². The summed E-state index contributed by atoms with van der Waals surface area (Å²) in [7, 11) is 0. The molecule has 4 heteroatoms. The molecule has 0 amide bonds. The molecule has 0 bridgehead atoms. The minimum absolute atomic E-state index is 0. The van der Waals surface area contributed by atoms with Crippen molar-refractivity contribution in [2.45, 2.75) is 0 Å². The molecule has 0 unspecified atom stereocenters. The Hall–Kier alpha value is 2.49. The molecule has 0 atom stereocenters. The Bertz CT molecular complexity index is 8.00. The van der Waals surface area contributed by atoms with Crippen LogP contribution >= 0.6 is 0 Å². The van der Waals surface area contributed by atoms with E-state index in [0.29, 0.717) is 0 Å². The zero-order valence-electron chi connectivity index (χ0n) is 2.23. The Labute approximate surface area is 79.7 Å². The van der Waals surface area contributed by atoms with Crippen LogP contribution in [-0.4, -0.2) is 32.8 Å². The van der Waals surface area contributed by atoms with Gasteiger partial charge in [-0.1, -0.05) is 0 Å². The zero-order chi connectivity index (χ0) is 0. The molecular formula is H4OPbScTa. The van der Waals surface area contributed by atoms with Crippen LogP contribution in [0.2, 0.25) is 0 Å². The fourth-order valence-electron chi connectivity index (χ4n) is 0. The third-order valence-electron chi connectivity index (χ3n) is 0. The Morgan fingerprint density at radius 1 is 1.00 bits per heavy atom. The van der Waals surface area contributed by atoms with Gasteiger partial charge in [-0.2, -0.15) is 0 Å². The van der Waals surface area contributed by atoms with E-state index in [1.165, 1.54) is 0 Å². The van der Waals surface area contributed by atoms with Crippen LogP contribution in [-0.2, 0) is 48.2 Å². The molecule has 0 aliphatic rings. The third kappa shape index (κ3) is 8.82. The first kappa shape index (κ1) is 31.5. The minimum Gasteiger partial charge on any atom is 0 e. The molecule has 1 nitrogen and oxygen atoms in total. The van der Waals surface area contributed by atoms with Crippen LogP contribution < -0.4 is 0 Å². The van der Waals surface area contributed by atoms with E-state index < -0.39 is 0 Å². The summed E-state index contributed by atoms with van der Waals surface area (Å²) in [6.45, 7) is 0. The molecule has 0 saturated carbocycles. The van der Waals surface area contributed by atoms with Crippen LogP contribution in [0.5, 0.6) is 0 Å². The van der Waals surface area contributed by atoms with Gasteiger partial charge >= 0.3 is 27.3 Å². The SMILES string of the molecule is O.[PbH2].[Sc].[Ta]. The van der Waals surface area contributed by atoms with Gasteiger partial charge in [-0.05, 0) is 0 Å². The smallest absolute Gasteiger partial charge is 0 e. The molecule has 0 aromatic carbocycles. The summed E-state index contributed by atoms with van der Waals surface area (Å²) in [6.07, 6.45) is 0. The van der Waals surface area contributed by atoms with Crippen molar-refractivity contribution in [3.63, 3.8) is 0 Å². The van der Waals surface area contributed by atoms with Gasteiger partial charge in [-0.15, -0.1) is 0 Å². The van der Waals surface area contributed by atoms with Crippen molar-refractivity contribution < 1.29 is 53.7 Å². The Kier molecular flexibility index (Phi) is 141. The fraction of sp³-hybridized carbons (Fsp3) is 0. The summed E-state index contributed by atoms with van der Waals surface area (Å²) in [5, 5.41) is 0. The maximum atomic E-state index is 0. The van der Waals surface area contributed by atoms with E-state index in [4.69, 9.17) is 0 Å². The van der Waals surface area contributed by atoms with E-state index in [2.05, 4.69) is 0 Å². The first-order valence-corrected chi connectivity index (χ1v) is 0. The largest absolute Gasteiger partial charge is 0 e. The van der Waals surface area contributed by atoms with Crippen LogP contribution in [0, 0.1) is 0 Å². The van der Waals surface area contributed by atoms with E-state index in [-0.39, 0.29) is 81.0 Å². The standard InChI is InChI=1S/H2O.Pb.Sc.Ta.2H/h1H2;;;;;. The fourth-order valence-corrected chi connectivity index (χ4v) is 0. The quantitative estimate of drug-likeness (QED) is 0.391. The van der Waals surface area contributed by atoms with E-state index in [1.807, 2.05) is 0 Å². The maximum Gasteiger partial charge on any atom is 0 e. The molecule has 0 saturated heterocycles. The van der Waals surface area contributed by atoms with Crippen LogP contribution in [0.15, 0.2) is 0 Å². The van der Waals surface area contributed by atoms with E-state index >= 15 is 0 Å². The molecule has 0 aliphatic carbocycles. The van der Waals surface area contributed by atoms with Crippen molar-refractivity contribution in [2.24, 2.45) is 0 Å². The molecule has 0 aromatic heterocycles. The second-order valence-electron chi connectivity index (χ2n) is 0. The normalized spacial score (nSPS) is 0. The van der Waals surface area contributed by atoms with Crippen LogP contribution in [0.25, 0.3) is 0 Å². The molecule has 0 heterocycles. The molecule has 4 heavy (non-hydrogen) atoms. The molecule has 0 aromatic rings. The van der Waals surface area contributed by atoms with Gasteiger partial charge in [0.05, 0.1) is 0 Å². The Morgan fingerprint density at radius 2 is 1.00 bits per heavy atom. The van der Waals surface area contributed by atoms with Gasteiger partial charge < -0.3 is 5.48 Å². The van der Waals surface area contributed by atoms with E-state index in [9.17, 15) is 0 Å². The first-order valence-electron chi connectivity index (χ1n) is 0. The third-order valence-corrected chi connectivity index (χ3v) is 0. The molecule has 2 N–H and O–H groups in total. The summed E-state index contributed by atoms with van der Waals surface area (Å²) in [6, 6.07) is 0. The second kappa shape index (κ2) is 17.8. The molecule has 4 radical (unpaired) electrons. The van der Waals surface area contributed by atoms with Gasteiger partial charge in [0.2, 0.25) is 0 Å². The van der Waals surface area contributed by atoms with E-state index in [0.717, 1.165) is 0 Å². The predicted octanol–water partition coefficient (Wildman–Crippen LogP) is -1.75. The summed E-state index contributed by atoms with van der Waals surface area (Å²) in [5.74, 6) is 0. The van der Waals surface area contributed by atoms with E-state index in [1.54, 1.807) is 0 Å². The van der Waals surface area contributed by atoms with Gasteiger partial charge in [-0.25, -0.2) is 0 Å². The van der Waals surface area contributed by atoms with Gasteiger partial charge in [0.15, 0.2) is 0 Å².